The monoisotopic (exact) mass is 382 g/mol. The first-order chi connectivity index (χ1) is 12.4. The van der Waals surface area contributed by atoms with E-state index in [9.17, 15) is 23.1 Å². The van der Waals surface area contributed by atoms with Gasteiger partial charge in [0, 0.05) is 13.1 Å². The van der Waals surface area contributed by atoms with E-state index in [0.717, 1.165) is 6.42 Å². The summed E-state index contributed by atoms with van der Waals surface area (Å²) in [5, 5.41) is 11.8. The van der Waals surface area contributed by atoms with Gasteiger partial charge in [-0.25, -0.2) is 8.42 Å². The van der Waals surface area contributed by atoms with Crippen LogP contribution in [-0.4, -0.2) is 48.8 Å². The Balaban J connectivity index is 2.13. The number of rotatable bonds is 8. The largest absolute Gasteiger partial charge is 0.481 e. The molecule has 1 aliphatic heterocycles. The van der Waals surface area contributed by atoms with Crippen LogP contribution in [0.1, 0.15) is 39.0 Å². The molecule has 1 aromatic carbocycles. The Morgan fingerprint density at radius 3 is 2.58 bits per heavy atom. The number of carboxylic acid groups (broad SMARTS) is 1. The van der Waals surface area contributed by atoms with Crippen LogP contribution in [0.15, 0.2) is 35.2 Å². The molecule has 1 heterocycles. The third kappa shape index (κ3) is 4.82. The lowest BCUT2D eigenvalue weighted by Gasteiger charge is -2.33. The topological polar surface area (TPSA) is 104 Å². The second-order valence-corrected chi connectivity index (χ2v) is 8.40. The molecule has 0 aliphatic carbocycles. The quantitative estimate of drug-likeness (QED) is 0.714. The molecule has 0 saturated carbocycles. The van der Waals surface area contributed by atoms with Gasteiger partial charge in [-0.1, -0.05) is 38.0 Å². The van der Waals surface area contributed by atoms with Crippen LogP contribution >= 0.6 is 0 Å². The lowest BCUT2D eigenvalue weighted by Crippen LogP contribution is -2.52. The average molecular weight is 382 g/mol. The maximum absolute atomic E-state index is 12.9. The summed E-state index contributed by atoms with van der Waals surface area (Å²) in [4.78, 5) is 24.0. The maximum atomic E-state index is 12.9. The first kappa shape index (κ1) is 20.4. The third-order valence-electron chi connectivity index (χ3n) is 4.62. The number of amides is 1. The van der Waals surface area contributed by atoms with Crippen LogP contribution in [0.3, 0.4) is 0 Å². The lowest BCUT2D eigenvalue weighted by molar-refractivity contribution is -0.142. The summed E-state index contributed by atoms with van der Waals surface area (Å²) in [7, 11) is -3.77. The molecule has 144 valence electrons. The molecular weight excluding hydrogens is 356 g/mol. The van der Waals surface area contributed by atoms with E-state index in [0.29, 0.717) is 25.7 Å². The van der Waals surface area contributed by atoms with Gasteiger partial charge >= 0.3 is 5.97 Å². The molecule has 2 N–H and O–H groups in total. The van der Waals surface area contributed by atoms with Gasteiger partial charge in [-0.3, -0.25) is 9.59 Å². The molecule has 1 amide bonds. The number of carbonyl (C=O) groups is 2. The van der Waals surface area contributed by atoms with E-state index in [1.807, 2.05) is 6.92 Å². The number of sulfonamides is 1. The Morgan fingerprint density at radius 1 is 1.27 bits per heavy atom. The van der Waals surface area contributed by atoms with E-state index >= 15 is 0 Å². The predicted molar refractivity (Wildman–Crippen MR) is 97.0 cm³/mol. The lowest BCUT2D eigenvalue weighted by atomic mass is 10.0. The van der Waals surface area contributed by atoms with Crippen LogP contribution in [-0.2, 0) is 19.6 Å². The number of piperidine rings is 1. The average Bonchev–Trinajstić information content (AvgIpc) is 2.65. The van der Waals surface area contributed by atoms with Crippen LogP contribution in [0.4, 0.5) is 0 Å². The number of hydrogen-bond acceptors (Lipinski definition) is 4. The van der Waals surface area contributed by atoms with E-state index < -0.39 is 33.9 Å². The standard InChI is InChI=1S/C18H26N2O5S/c1-2-8-14(18(22)23)13-19-17(21)16-11-6-7-12-20(16)26(24,25)15-9-4-3-5-10-15/h3-5,9-10,14,16H,2,6-8,11-13H2,1H3,(H,19,21)(H,22,23). The van der Waals surface area contributed by atoms with Crippen molar-refractivity contribution in [1.82, 2.24) is 9.62 Å². The zero-order valence-electron chi connectivity index (χ0n) is 14.9. The fourth-order valence-corrected chi connectivity index (χ4v) is 4.86. The molecule has 0 aromatic heterocycles. The Kier molecular flexibility index (Phi) is 7.16. The van der Waals surface area contributed by atoms with Gasteiger partial charge in [0.25, 0.3) is 0 Å². The summed E-state index contributed by atoms with van der Waals surface area (Å²) in [6.45, 7) is 2.18. The zero-order valence-corrected chi connectivity index (χ0v) is 15.7. The summed E-state index contributed by atoms with van der Waals surface area (Å²) in [6.07, 6.45) is 3.06. The van der Waals surface area contributed by atoms with Gasteiger partial charge < -0.3 is 10.4 Å². The molecule has 1 aromatic rings. The van der Waals surface area contributed by atoms with Crippen LogP contribution in [0.5, 0.6) is 0 Å². The molecular formula is C18H26N2O5S. The van der Waals surface area contributed by atoms with E-state index in [1.54, 1.807) is 18.2 Å². The van der Waals surface area contributed by atoms with Crippen molar-refractivity contribution < 1.29 is 23.1 Å². The minimum absolute atomic E-state index is 0.0116. The van der Waals surface area contributed by atoms with Crippen LogP contribution in [0.2, 0.25) is 0 Å². The molecule has 2 atom stereocenters. The van der Waals surface area contributed by atoms with E-state index in [2.05, 4.69) is 5.32 Å². The van der Waals surface area contributed by atoms with Crippen LogP contribution < -0.4 is 5.32 Å². The van der Waals surface area contributed by atoms with Gasteiger partial charge in [0.15, 0.2) is 0 Å². The minimum atomic E-state index is -3.77. The normalized spacial score (nSPS) is 19.7. The van der Waals surface area contributed by atoms with Crippen molar-refractivity contribution in [3.05, 3.63) is 30.3 Å². The van der Waals surface area contributed by atoms with Crippen molar-refractivity contribution in [1.29, 1.82) is 0 Å². The fraction of sp³-hybridized carbons (Fsp3) is 0.556. The van der Waals surface area contributed by atoms with Crippen molar-refractivity contribution in [3.8, 4) is 0 Å². The number of nitrogens with zero attached hydrogens (tertiary/aromatic N) is 1. The second-order valence-electron chi connectivity index (χ2n) is 6.51. The second kappa shape index (κ2) is 9.14. The van der Waals surface area contributed by atoms with Gasteiger partial charge in [-0.2, -0.15) is 4.31 Å². The third-order valence-corrected chi connectivity index (χ3v) is 6.54. The highest BCUT2D eigenvalue weighted by molar-refractivity contribution is 7.89. The van der Waals surface area contributed by atoms with Crippen LogP contribution in [0.25, 0.3) is 0 Å². The molecule has 26 heavy (non-hydrogen) atoms. The smallest absolute Gasteiger partial charge is 0.308 e. The Hall–Kier alpha value is -1.93. The number of aliphatic carboxylic acids is 1. The van der Waals surface area contributed by atoms with E-state index in [1.165, 1.54) is 16.4 Å². The van der Waals surface area contributed by atoms with Gasteiger partial charge in [-0.05, 0) is 31.4 Å². The van der Waals surface area contributed by atoms with Gasteiger partial charge in [0.05, 0.1) is 10.8 Å². The highest BCUT2D eigenvalue weighted by Crippen LogP contribution is 2.25. The summed E-state index contributed by atoms with van der Waals surface area (Å²) in [5.41, 5.74) is 0. The number of carboxylic acids is 1. The summed E-state index contributed by atoms with van der Waals surface area (Å²) >= 11 is 0. The summed E-state index contributed by atoms with van der Waals surface area (Å²) in [5.74, 6) is -2.04. The number of hydrogen-bond donors (Lipinski definition) is 2. The van der Waals surface area contributed by atoms with Gasteiger partial charge in [0.2, 0.25) is 15.9 Å². The van der Waals surface area contributed by atoms with Gasteiger partial charge in [0.1, 0.15) is 6.04 Å². The first-order valence-corrected chi connectivity index (χ1v) is 10.4. The minimum Gasteiger partial charge on any atom is -0.481 e. The SMILES string of the molecule is CCCC(CNC(=O)C1CCCCN1S(=O)(=O)c1ccccc1)C(=O)O. The molecule has 8 heteroatoms. The summed E-state index contributed by atoms with van der Waals surface area (Å²) < 4.78 is 27.1. The van der Waals surface area contributed by atoms with Crippen molar-refractivity contribution in [2.45, 2.75) is 50.0 Å². The molecule has 1 aliphatic rings. The Morgan fingerprint density at radius 2 is 1.96 bits per heavy atom. The van der Waals surface area contributed by atoms with Crippen molar-refractivity contribution in [2.24, 2.45) is 5.92 Å². The maximum Gasteiger partial charge on any atom is 0.308 e. The fourth-order valence-electron chi connectivity index (χ4n) is 3.19. The molecule has 1 saturated heterocycles. The van der Waals surface area contributed by atoms with E-state index in [-0.39, 0.29) is 18.0 Å². The number of benzene rings is 1. The van der Waals surface area contributed by atoms with Crippen molar-refractivity contribution >= 4 is 21.9 Å². The molecule has 2 unspecified atom stereocenters. The molecule has 0 spiro atoms. The van der Waals surface area contributed by atoms with Crippen molar-refractivity contribution in [2.75, 3.05) is 13.1 Å². The molecule has 0 bridgehead atoms. The number of nitrogens with one attached hydrogen (secondary N) is 1. The van der Waals surface area contributed by atoms with Crippen molar-refractivity contribution in [3.63, 3.8) is 0 Å². The highest BCUT2D eigenvalue weighted by atomic mass is 32.2. The predicted octanol–water partition coefficient (Wildman–Crippen LogP) is 1.85. The zero-order chi connectivity index (χ0) is 19.2. The molecule has 7 nitrogen and oxygen atoms in total. The number of carbonyl (C=O) groups excluding carboxylic acids is 1. The summed E-state index contributed by atoms with van der Waals surface area (Å²) in [6, 6.07) is 7.26. The van der Waals surface area contributed by atoms with Gasteiger partial charge in [-0.15, -0.1) is 0 Å². The van der Waals surface area contributed by atoms with Crippen LogP contribution in [0, 0.1) is 5.92 Å². The Labute approximate surface area is 154 Å². The highest BCUT2D eigenvalue weighted by Gasteiger charge is 2.37. The first-order valence-electron chi connectivity index (χ1n) is 8.95. The van der Waals surface area contributed by atoms with E-state index in [4.69, 9.17) is 0 Å². The molecule has 0 radical (unpaired) electrons. The molecule has 1 fully saturated rings. The molecule has 2 rings (SSSR count). The Bertz CT molecular complexity index is 720.